The van der Waals surface area contributed by atoms with Crippen LogP contribution in [0.4, 0.5) is 11.5 Å². The number of hydrogen-bond donors (Lipinski definition) is 2. The van der Waals surface area contributed by atoms with Gasteiger partial charge in [-0.15, -0.1) is 0 Å². The fraction of sp³-hybridized carbons (Fsp3) is 0.400. The molecule has 25 heavy (non-hydrogen) atoms. The number of nitrogens with zero attached hydrogens (tertiary/aromatic N) is 1. The molecule has 1 saturated carbocycles. The zero-order valence-corrected chi connectivity index (χ0v) is 14.6. The van der Waals surface area contributed by atoms with Gasteiger partial charge in [0.15, 0.2) is 0 Å². The molecule has 3 rings (SSSR count). The van der Waals surface area contributed by atoms with Crippen LogP contribution in [-0.4, -0.2) is 18.0 Å². The van der Waals surface area contributed by atoms with Crippen LogP contribution >= 0.6 is 0 Å². The highest BCUT2D eigenvalue weighted by Gasteiger charge is 2.21. The summed E-state index contributed by atoms with van der Waals surface area (Å²) in [4.78, 5) is 16.6. The van der Waals surface area contributed by atoms with Gasteiger partial charge in [0.05, 0.1) is 19.0 Å². The Labute approximate surface area is 148 Å². The Balaban J connectivity index is 1.54. The third-order valence-electron chi connectivity index (χ3n) is 4.67. The number of rotatable bonds is 6. The number of methoxy groups -OCH3 is 1. The zero-order valence-electron chi connectivity index (χ0n) is 14.6. The van der Waals surface area contributed by atoms with E-state index in [9.17, 15) is 4.79 Å². The Hall–Kier alpha value is -2.56. The lowest BCUT2D eigenvalue weighted by molar-refractivity contribution is -0.120. The molecular formula is C20H25N3O2. The molecule has 0 saturated heterocycles. The van der Waals surface area contributed by atoms with Crippen LogP contribution in [0.1, 0.15) is 37.7 Å². The van der Waals surface area contributed by atoms with Gasteiger partial charge >= 0.3 is 0 Å². The molecule has 0 atom stereocenters. The molecule has 5 nitrogen and oxygen atoms in total. The van der Waals surface area contributed by atoms with E-state index in [4.69, 9.17) is 4.74 Å². The monoisotopic (exact) mass is 339 g/mol. The van der Waals surface area contributed by atoms with Gasteiger partial charge in [0.25, 0.3) is 0 Å². The third kappa shape index (κ3) is 4.72. The third-order valence-corrected chi connectivity index (χ3v) is 4.67. The minimum atomic E-state index is 0.0990. The summed E-state index contributed by atoms with van der Waals surface area (Å²) >= 11 is 0. The van der Waals surface area contributed by atoms with Gasteiger partial charge in [-0.25, -0.2) is 4.98 Å². The van der Waals surface area contributed by atoms with E-state index in [1.54, 1.807) is 13.3 Å². The Bertz CT molecular complexity index is 694. The number of para-hydroxylation sites is 1. The summed E-state index contributed by atoms with van der Waals surface area (Å²) in [7, 11) is 1.67. The number of nitrogens with one attached hydrogen (secondary N) is 2. The number of amides is 1. The SMILES string of the molecule is COc1ccccc1CNc1ccc(NC(=O)C2CCCCC2)nc1. The molecule has 0 aliphatic heterocycles. The number of anilines is 2. The first-order valence-corrected chi connectivity index (χ1v) is 8.89. The molecule has 1 aliphatic carbocycles. The Morgan fingerprint density at radius 2 is 1.96 bits per heavy atom. The smallest absolute Gasteiger partial charge is 0.228 e. The number of ether oxygens (including phenoxy) is 1. The molecule has 1 amide bonds. The molecule has 0 spiro atoms. The van der Waals surface area contributed by atoms with Crippen molar-refractivity contribution in [2.24, 2.45) is 5.92 Å². The van der Waals surface area contributed by atoms with E-state index in [0.29, 0.717) is 12.4 Å². The average molecular weight is 339 g/mol. The highest BCUT2D eigenvalue weighted by atomic mass is 16.5. The summed E-state index contributed by atoms with van der Waals surface area (Å²) < 4.78 is 5.35. The van der Waals surface area contributed by atoms with E-state index in [1.807, 2.05) is 36.4 Å². The van der Waals surface area contributed by atoms with Crippen molar-refractivity contribution in [1.82, 2.24) is 4.98 Å². The number of pyridine rings is 1. The minimum Gasteiger partial charge on any atom is -0.496 e. The molecule has 0 radical (unpaired) electrons. The van der Waals surface area contributed by atoms with Gasteiger partial charge in [0.2, 0.25) is 5.91 Å². The van der Waals surface area contributed by atoms with Crippen LogP contribution in [0.3, 0.4) is 0 Å². The van der Waals surface area contributed by atoms with E-state index in [1.165, 1.54) is 6.42 Å². The maximum Gasteiger partial charge on any atom is 0.228 e. The van der Waals surface area contributed by atoms with E-state index in [0.717, 1.165) is 42.7 Å². The molecule has 1 fully saturated rings. The first-order valence-electron chi connectivity index (χ1n) is 8.89. The summed E-state index contributed by atoms with van der Waals surface area (Å²) in [6.45, 7) is 0.652. The van der Waals surface area contributed by atoms with E-state index >= 15 is 0 Å². The summed E-state index contributed by atoms with van der Waals surface area (Å²) in [5.74, 6) is 1.71. The number of aromatic nitrogens is 1. The quantitative estimate of drug-likeness (QED) is 0.827. The number of benzene rings is 1. The van der Waals surface area contributed by atoms with Gasteiger partial charge in [0, 0.05) is 18.0 Å². The first-order chi connectivity index (χ1) is 12.3. The minimum absolute atomic E-state index is 0.0990. The van der Waals surface area contributed by atoms with Gasteiger partial charge in [-0.05, 0) is 31.0 Å². The molecule has 2 N–H and O–H groups in total. The number of carbonyl (C=O) groups is 1. The first kappa shape index (κ1) is 17.3. The molecular weight excluding hydrogens is 314 g/mol. The summed E-state index contributed by atoms with van der Waals surface area (Å²) in [6.07, 6.45) is 7.27. The molecule has 0 bridgehead atoms. The molecule has 1 heterocycles. The van der Waals surface area contributed by atoms with Gasteiger partial charge < -0.3 is 15.4 Å². The predicted molar refractivity (Wildman–Crippen MR) is 99.8 cm³/mol. The van der Waals surface area contributed by atoms with E-state index < -0.39 is 0 Å². The number of carbonyl (C=O) groups excluding carboxylic acids is 1. The molecule has 1 aliphatic rings. The van der Waals surface area contributed by atoms with Crippen LogP contribution in [0.25, 0.3) is 0 Å². The molecule has 0 unspecified atom stereocenters. The Morgan fingerprint density at radius 3 is 2.68 bits per heavy atom. The lowest BCUT2D eigenvalue weighted by Crippen LogP contribution is -2.25. The van der Waals surface area contributed by atoms with Crippen LogP contribution in [0, 0.1) is 5.92 Å². The van der Waals surface area contributed by atoms with Crippen molar-refractivity contribution in [1.29, 1.82) is 0 Å². The predicted octanol–water partition coefficient (Wildman–Crippen LogP) is 4.22. The molecule has 1 aromatic heterocycles. The van der Waals surface area contributed by atoms with Crippen molar-refractivity contribution in [3.05, 3.63) is 48.2 Å². The maximum absolute atomic E-state index is 12.3. The second-order valence-corrected chi connectivity index (χ2v) is 6.42. The van der Waals surface area contributed by atoms with Gasteiger partial charge in [-0.3, -0.25) is 4.79 Å². The topological polar surface area (TPSA) is 63.2 Å². The second kappa shape index (κ2) is 8.51. The molecule has 2 aromatic rings. The second-order valence-electron chi connectivity index (χ2n) is 6.42. The maximum atomic E-state index is 12.3. The van der Waals surface area contributed by atoms with Crippen molar-refractivity contribution in [2.75, 3.05) is 17.7 Å². The van der Waals surface area contributed by atoms with Crippen molar-refractivity contribution >= 4 is 17.4 Å². The van der Waals surface area contributed by atoms with Crippen LogP contribution in [-0.2, 0) is 11.3 Å². The van der Waals surface area contributed by atoms with Crippen LogP contribution in [0.2, 0.25) is 0 Å². The van der Waals surface area contributed by atoms with Gasteiger partial charge in [0.1, 0.15) is 11.6 Å². The lowest BCUT2D eigenvalue weighted by Gasteiger charge is -2.20. The average Bonchev–Trinajstić information content (AvgIpc) is 2.68. The van der Waals surface area contributed by atoms with Crippen LogP contribution in [0.15, 0.2) is 42.6 Å². The van der Waals surface area contributed by atoms with Crippen molar-refractivity contribution in [2.45, 2.75) is 38.6 Å². The summed E-state index contributed by atoms with van der Waals surface area (Å²) in [5, 5.41) is 6.26. The van der Waals surface area contributed by atoms with Crippen molar-refractivity contribution in [3.63, 3.8) is 0 Å². The Morgan fingerprint density at radius 1 is 1.16 bits per heavy atom. The summed E-state index contributed by atoms with van der Waals surface area (Å²) in [5.41, 5.74) is 1.99. The van der Waals surface area contributed by atoms with E-state index in [2.05, 4.69) is 15.6 Å². The van der Waals surface area contributed by atoms with Crippen molar-refractivity contribution < 1.29 is 9.53 Å². The normalized spacial score (nSPS) is 14.8. The van der Waals surface area contributed by atoms with Gasteiger partial charge in [-0.2, -0.15) is 0 Å². The highest BCUT2D eigenvalue weighted by Crippen LogP contribution is 2.25. The number of hydrogen-bond acceptors (Lipinski definition) is 4. The zero-order chi connectivity index (χ0) is 17.5. The fourth-order valence-electron chi connectivity index (χ4n) is 3.21. The lowest BCUT2D eigenvalue weighted by atomic mass is 9.89. The molecule has 1 aromatic carbocycles. The highest BCUT2D eigenvalue weighted by molar-refractivity contribution is 5.91. The van der Waals surface area contributed by atoms with Crippen molar-refractivity contribution in [3.8, 4) is 5.75 Å². The standard InChI is InChI=1S/C20H25N3O2/c1-25-18-10-6-5-9-16(18)13-21-17-11-12-19(22-14-17)23-20(24)15-7-3-2-4-8-15/h5-6,9-12,14-15,21H,2-4,7-8,13H2,1H3,(H,22,23,24). The molecule has 5 heteroatoms. The molecule has 132 valence electrons. The summed E-state index contributed by atoms with van der Waals surface area (Å²) in [6, 6.07) is 11.7. The van der Waals surface area contributed by atoms with E-state index in [-0.39, 0.29) is 11.8 Å². The fourth-order valence-corrected chi connectivity index (χ4v) is 3.21. The van der Waals surface area contributed by atoms with Gasteiger partial charge in [-0.1, -0.05) is 37.5 Å². The Kier molecular flexibility index (Phi) is 5.88. The largest absolute Gasteiger partial charge is 0.496 e. The van der Waals surface area contributed by atoms with Crippen LogP contribution < -0.4 is 15.4 Å². The van der Waals surface area contributed by atoms with Crippen LogP contribution in [0.5, 0.6) is 5.75 Å².